The van der Waals surface area contributed by atoms with Crippen LogP contribution in [0.15, 0.2) is 6.07 Å². The van der Waals surface area contributed by atoms with Crippen LogP contribution in [0.5, 0.6) is 5.75 Å². The first-order chi connectivity index (χ1) is 8.31. The van der Waals surface area contributed by atoms with Crippen molar-refractivity contribution in [3.63, 3.8) is 0 Å². The number of ether oxygens (including phenoxy) is 1. The van der Waals surface area contributed by atoms with Crippen LogP contribution in [0.3, 0.4) is 0 Å². The number of methoxy groups -OCH3 is 1. The molecule has 0 saturated carbocycles. The Hall–Kier alpha value is -2.57. The maximum Gasteiger partial charge on any atom is 0.340 e. The Kier molecular flexibility index (Phi) is 3.55. The number of benzene rings is 1. The molecule has 0 radical (unpaired) electrons. The van der Waals surface area contributed by atoms with Crippen molar-refractivity contribution in [2.24, 2.45) is 0 Å². The van der Waals surface area contributed by atoms with E-state index in [9.17, 15) is 14.4 Å². The molecular weight excluding hydrogens is 244 g/mol. The highest BCUT2D eigenvalue weighted by Gasteiger charge is 2.28. The average Bonchev–Trinajstić information content (AvgIpc) is 2.26. The lowest BCUT2D eigenvalue weighted by atomic mass is 9.96. The van der Waals surface area contributed by atoms with E-state index in [1.165, 1.54) is 6.92 Å². The zero-order valence-corrected chi connectivity index (χ0v) is 9.55. The van der Waals surface area contributed by atoms with E-state index >= 15 is 0 Å². The summed E-state index contributed by atoms with van der Waals surface area (Å²) in [7, 11) is 1.08. The summed E-state index contributed by atoms with van der Waals surface area (Å²) in [4.78, 5) is 33.1. The lowest BCUT2D eigenvalue weighted by molar-refractivity contribution is 0.0643. The highest BCUT2D eigenvalue weighted by Crippen LogP contribution is 2.30. The number of aryl methyl sites for hydroxylation is 1. The van der Waals surface area contributed by atoms with E-state index in [0.717, 1.165) is 13.2 Å². The van der Waals surface area contributed by atoms with Gasteiger partial charge in [-0.05, 0) is 18.6 Å². The van der Waals surface area contributed by atoms with Crippen LogP contribution in [0.1, 0.15) is 36.6 Å². The van der Waals surface area contributed by atoms with Crippen molar-refractivity contribution in [3.05, 3.63) is 28.3 Å². The summed E-state index contributed by atoms with van der Waals surface area (Å²) in [6, 6.07) is 1.07. The summed E-state index contributed by atoms with van der Waals surface area (Å²) in [5.41, 5.74) is -1.50. The van der Waals surface area contributed by atoms with Crippen LogP contribution in [0.25, 0.3) is 0 Å². The molecule has 3 N–H and O–H groups in total. The van der Waals surface area contributed by atoms with Gasteiger partial charge in [0.1, 0.15) is 16.9 Å². The molecular formula is C11H10O7. The third-order valence-corrected chi connectivity index (χ3v) is 2.34. The van der Waals surface area contributed by atoms with Crippen molar-refractivity contribution in [1.29, 1.82) is 0 Å². The van der Waals surface area contributed by atoms with Crippen molar-refractivity contribution in [1.82, 2.24) is 0 Å². The lowest BCUT2D eigenvalue weighted by Crippen LogP contribution is -2.15. The van der Waals surface area contributed by atoms with E-state index < -0.39 is 40.3 Å². The fourth-order valence-electron chi connectivity index (χ4n) is 1.65. The molecule has 0 heterocycles. The monoisotopic (exact) mass is 254 g/mol. The van der Waals surface area contributed by atoms with Gasteiger partial charge in [-0.15, -0.1) is 0 Å². The number of carbonyl (C=O) groups is 3. The summed E-state index contributed by atoms with van der Waals surface area (Å²) in [5, 5.41) is 26.9. The van der Waals surface area contributed by atoms with Crippen LogP contribution in [0.4, 0.5) is 0 Å². The van der Waals surface area contributed by atoms with Gasteiger partial charge in [-0.2, -0.15) is 0 Å². The minimum Gasteiger partial charge on any atom is -0.495 e. The van der Waals surface area contributed by atoms with E-state index in [0.29, 0.717) is 0 Å². The molecule has 0 amide bonds. The average molecular weight is 254 g/mol. The molecule has 0 atom stereocenters. The second-order valence-corrected chi connectivity index (χ2v) is 3.44. The zero-order chi connectivity index (χ0) is 14.0. The third-order valence-electron chi connectivity index (χ3n) is 2.34. The van der Waals surface area contributed by atoms with Gasteiger partial charge in [0.15, 0.2) is 0 Å². The molecule has 18 heavy (non-hydrogen) atoms. The predicted molar refractivity (Wildman–Crippen MR) is 58.6 cm³/mol. The number of carboxylic acid groups (broad SMARTS) is 3. The smallest absolute Gasteiger partial charge is 0.340 e. The molecule has 0 aromatic heterocycles. The van der Waals surface area contributed by atoms with Crippen LogP contribution >= 0.6 is 0 Å². The maximum absolute atomic E-state index is 11.1. The largest absolute Gasteiger partial charge is 0.495 e. The minimum atomic E-state index is -1.56. The molecule has 0 aliphatic heterocycles. The highest BCUT2D eigenvalue weighted by atomic mass is 16.5. The van der Waals surface area contributed by atoms with Crippen LogP contribution in [0, 0.1) is 6.92 Å². The van der Waals surface area contributed by atoms with E-state index in [4.69, 9.17) is 20.1 Å². The Bertz CT molecular complexity index is 545. The standard InChI is InChI=1S/C11H10O7/c1-4-3-5(9(12)13)8(18-2)7(11(16)17)6(4)10(14)15/h3H,1-2H3,(H,12,13)(H,14,15)(H,16,17). The molecule has 0 fully saturated rings. The summed E-state index contributed by atoms with van der Waals surface area (Å²) in [5.74, 6) is -4.89. The number of aromatic carboxylic acids is 3. The molecule has 0 saturated heterocycles. The second kappa shape index (κ2) is 4.74. The van der Waals surface area contributed by atoms with Gasteiger partial charge in [0.2, 0.25) is 0 Å². The molecule has 0 unspecified atom stereocenters. The molecule has 7 nitrogen and oxygen atoms in total. The molecule has 0 aliphatic rings. The van der Waals surface area contributed by atoms with Crippen molar-refractivity contribution < 1.29 is 34.4 Å². The fraction of sp³-hybridized carbons (Fsp3) is 0.182. The number of carboxylic acids is 3. The number of hydrogen-bond acceptors (Lipinski definition) is 4. The predicted octanol–water partition coefficient (Wildman–Crippen LogP) is 1.10. The van der Waals surface area contributed by atoms with Crippen LogP contribution < -0.4 is 4.74 Å². The molecule has 1 aromatic carbocycles. The molecule has 96 valence electrons. The van der Waals surface area contributed by atoms with E-state index in [1.807, 2.05) is 0 Å². The second-order valence-electron chi connectivity index (χ2n) is 3.44. The van der Waals surface area contributed by atoms with E-state index in [2.05, 4.69) is 0 Å². The van der Waals surface area contributed by atoms with Crippen molar-refractivity contribution in [2.75, 3.05) is 7.11 Å². The molecule has 0 aliphatic carbocycles. The summed E-state index contributed by atoms with van der Waals surface area (Å²) < 4.78 is 4.72. The van der Waals surface area contributed by atoms with Gasteiger partial charge in [-0.3, -0.25) is 0 Å². The molecule has 7 heteroatoms. The first-order valence-corrected chi connectivity index (χ1v) is 4.72. The Morgan fingerprint density at radius 3 is 1.83 bits per heavy atom. The Morgan fingerprint density at radius 2 is 1.50 bits per heavy atom. The van der Waals surface area contributed by atoms with Gasteiger partial charge in [0, 0.05) is 0 Å². The Balaban J connectivity index is 3.83. The van der Waals surface area contributed by atoms with Crippen molar-refractivity contribution in [3.8, 4) is 5.75 Å². The summed E-state index contributed by atoms with van der Waals surface area (Å²) in [6.07, 6.45) is 0. The number of hydrogen-bond donors (Lipinski definition) is 3. The van der Waals surface area contributed by atoms with Crippen LogP contribution in [-0.2, 0) is 0 Å². The SMILES string of the molecule is COc1c(C(=O)O)cc(C)c(C(=O)O)c1C(=O)O. The fourth-order valence-corrected chi connectivity index (χ4v) is 1.65. The minimum absolute atomic E-state index is 0.0399. The van der Waals surface area contributed by atoms with Gasteiger partial charge in [-0.1, -0.05) is 0 Å². The maximum atomic E-state index is 11.1. The zero-order valence-electron chi connectivity index (χ0n) is 9.55. The normalized spacial score (nSPS) is 9.89. The van der Waals surface area contributed by atoms with Crippen molar-refractivity contribution >= 4 is 17.9 Å². The van der Waals surface area contributed by atoms with Gasteiger partial charge in [-0.25, -0.2) is 14.4 Å². The molecule has 0 spiro atoms. The molecule has 1 rings (SSSR count). The van der Waals surface area contributed by atoms with Crippen molar-refractivity contribution in [2.45, 2.75) is 6.92 Å². The lowest BCUT2D eigenvalue weighted by Gasteiger charge is -2.13. The third kappa shape index (κ3) is 2.10. The van der Waals surface area contributed by atoms with Crippen LogP contribution in [-0.4, -0.2) is 40.3 Å². The Morgan fingerprint density at radius 1 is 1.00 bits per heavy atom. The van der Waals surface area contributed by atoms with Crippen LogP contribution in [0.2, 0.25) is 0 Å². The topological polar surface area (TPSA) is 121 Å². The van der Waals surface area contributed by atoms with Gasteiger partial charge < -0.3 is 20.1 Å². The molecule has 1 aromatic rings. The molecule has 0 bridgehead atoms. The van der Waals surface area contributed by atoms with E-state index in [1.54, 1.807) is 0 Å². The summed E-state index contributed by atoms with van der Waals surface area (Å²) >= 11 is 0. The number of rotatable bonds is 4. The van der Waals surface area contributed by atoms with Gasteiger partial charge in [0.05, 0.1) is 12.7 Å². The Labute approximate surface area is 101 Å². The first-order valence-electron chi connectivity index (χ1n) is 4.72. The first kappa shape index (κ1) is 13.5. The van der Waals surface area contributed by atoms with Gasteiger partial charge in [0.25, 0.3) is 0 Å². The highest BCUT2D eigenvalue weighted by molar-refractivity contribution is 6.08. The van der Waals surface area contributed by atoms with E-state index in [-0.39, 0.29) is 5.56 Å². The van der Waals surface area contributed by atoms with Gasteiger partial charge >= 0.3 is 17.9 Å². The summed E-state index contributed by atoms with van der Waals surface area (Å²) in [6.45, 7) is 1.32. The quantitative estimate of drug-likeness (QED) is 0.735.